The van der Waals surface area contributed by atoms with E-state index in [0.717, 1.165) is 81.7 Å². The molecule has 3 fully saturated rings. The zero-order valence-electron chi connectivity index (χ0n) is 24.8. The van der Waals surface area contributed by atoms with E-state index in [4.69, 9.17) is 24.5 Å². The number of alkyl halides is 6. The predicted molar refractivity (Wildman–Crippen MR) is 151 cm³/mol. The van der Waals surface area contributed by atoms with Crippen molar-refractivity contribution in [2.24, 2.45) is 5.92 Å². The Morgan fingerprint density at radius 1 is 0.891 bits per heavy atom. The number of carbonyl (C=O) groups excluding carboxylic acids is 1. The first kappa shape index (κ1) is 36.5. The zero-order valence-corrected chi connectivity index (χ0v) is 24.8. The van der Waals surface area contributed by atoms with Crippen molar-refractivity contribution in [3.8, 4) is 11.1 Å². The van der Waals surface area contributed by atoms with E-state index in [0.29, 0.717) is 12.5 Å². The molecule has 2 aromatic heterocycles. The Hall–Kier alpha value is -3.93. The molecule has 2 aliphatic heterocycles. The number of halogens is 6. The van der Waals surface area contributed by atoms with Crippen molar-refractivity contribution in [2.45, 2.75) is 51.0 Å². The molecule has 0 spiro atoms. The molecule has 0 unspecified atom stereocenters. The van der Waals surface area contributed by atoms with Gasteiger partial charge in [0.05, 0.1) is 13.2 Å². The molecule has 1 amide bonds. The van der Waals surface area contributed by atoms with Crippen LogP contribution in [-0.2, 0) is 20.9 Å². The lowest BCUT2D eigenvalue weighted by Crippen LogP contribution is -2.38. The maximum Gasteiger partial charge on any atom is 0.490 e. The number of hydrogen-bond donors (Lipinski definition) is 3. The number of ether oxygens (including phenoxy) is 1. The van der Waals surface area contributed by atoms with Gasteiger partial charge in [-0.2, -0.15) is 26.3 Å². The van der Waals surface area contributed by atoms with Crippen molar-refractivity contribution in [3.05, 3.63) is 30.4 Å². The van der Waals surface area contributed by atoms with E-state index in [1.54, 1.807) is 0 Å². The summed E-state index contributed by atoms with van der Waals surface area (Å²) in [6.45, 7) is 8.26. The monoisotopic (exact) mass is 666 g/mol. The maximum atomic E-state index is 13.0. The highest BCUT2D eigenvalue weighted by atomic mass is 19.4. The Bertz CT molecular complexity index is 1260. The molecule has 3 N–H and O–H groups in total. The lowest BCUT2D eigenvalue weighted by molar-refractivity contribution is -0.193. The van der Waals surface area contributed by atoms with Gasteiger partial charge in [0.15, 0.2) is 0 Å². The fourth-order valence-corrected chi connectivity index (χ4v) is 4.56. The number of hydrogen-bond acceptors (Lipinski definition) is 8. The predicted octanol–water partition coefficient (Wildman–Crippen LogP) is 3.67. The highest BCUT2D eigenvalue weighted by molar-refractivity contribution is 5.94. The fraction of sp³-hybridized carbons (Fsp3) is 0.607. The molecule has 46 heavy (non-hydrogen) atoms. The molecule has 0 radical (unpaired) electrons. The molecule has 1 aliphatic carbocycles. The van der Waals surface area contributed by atoms with Crippen LogP contribution in [0.2, 0.25) is 0 Å². The molecule has 3 aliphatic rings. The van der Waals surface area contributed by atoms with E-state index in [1.807, 2.05) is 18.5 Å². The van der Waals surface area contributed by atoms with E-state index in [-0.39, 0.29) is 5.91 Å². The zero-order chi connectivity index (χ0) is 33.9. The van der Waals surface area contributed by atoms with Gasteiger partial charge >= 0.3 is 24.3 Å². The summed E-state index contributed by atoms with van der Waals surface area (Å²) in [5.41, 5.74) is 2.71. The van der Waals surface area contributed by atoms with Gasteiger partial charge in [0.1, 0.15) is 5.69 Å². The standard InChI is InChI=1S/C24H34N6O2.2C2HF3O2/c31-23(25-6-3-7-28-10-12-32-13-11-28)22-14-20(18-30(22)17-19-4-5-19)21-15-26-24(27-16-21)29-8-1-2-9-29;2*3-2(4,5)1(6)7/h14-16,18-19H,1-13,17H2,(H,25,31);2*(H,6,7). The van der Waals surface area contributed by atoms with Gasteiger partial charge < -0.3 is 29.7 Å². The van der Waals surface area contributed by atoms with Crippen molar-refractivity contribution in [1.29, 1.82) is 0 Å². The minimum absolute atomic E-state index is 0.00785. The Morgan fingerprint density at radius 3 is 1.93 bits per heavy atom. The molecule has 0 aromatic carbocycles. The highest BCUT2D eigenvalue weighted by Crippen LogP contribution is 2.32. The Labute approximate surface area is 260 Å². The average molecular weight is 667 g/mol. The lowest BCUT2D eigenvalue weighted by Gasteiger charge is -2.26. The summed E-state index contributed by atoms with van der Waals surface area (Å²) >= 11 is 0. The third-order valence-electron chi connectivity index (χ3n) is 7.17. The van der Waals surface area contributed by atoms with Crippen molar-refractivity contribution in [1.82, 2.24) is 24.8 Å². The summed E-state index contributed by atoms with van der Waals surface area (Å²) in [6, 6.07) is 1.99. The van der Waals surface area contributed by atoms with Gasteiger partial charge in [0.25, 0.3) is 5.91 Å². The van der Waals surface area contributed by atoms with Crippen molar-refractivity contribution >= 4 is 23.8 Å². The molecule has 12 nitrogen and oxygen atoms in total. The molecule has 2 aromatic rings. The minimum Gasteiger partial charge on any atom is -0.475 e. The first-order valence-electron chi connectivity index (χ1n) is 14.6. The van der Waals surface area contributed by atoms with Crippen molar-refractivity contribution < 1.29 is 55.7 Å². The van der Waals surface area contributed by atoms with Gasteiger partial charge in [-0.1, -0.05) is 0 Å². The molecule has 256 valence electrons. The number of amides is 1. The van der Waals surface area contributed by atoms with E-state index >= 15 is 0 Å². The fourth-order valence-electron chi connectivity index (χ4n) is 4.56. The number of rotatable bonds is 9. The normalized spacial score (nSPS) is 17.0. The van der Waals surface area contributed by atoms with Crippen LogP contribution in [0.5, 0.6) is 0 Å². The second-order valence-electron chi connectivity index (χ2n) is 10.8. The maximum absolute atomic E-state index is 13.0. The number of carboxylic acids is 2. The third-order valence-corrected chi connectivity index (χ3v) is 7.17. The molecule has 0 atom stereocenters. The van der Waals surface area contributed by atoms with E-state index < -0.39 is 24.3 Å². The van der Waals surface area contributed by atoms with Crippen LogP contribution in [-0.4, -0.2) is 112 Å². The highest BCUT2D eigenvalue weighted by Gasteiger charge is 2.39. The number of aromatic nitrogens is 3. The smallest absolute Gasteiger partial charge is 0.475 e. The summed E-state index contributed by atoms with van der Waals surface area (Å²) in [5.74, 6) is -4.01. The molecule has 0 bridgehead atoms. The van der Waals surface area contributed by atoms with Crippen LogP contribution in [0.4, 0.5) is 32.3 Å². The summed E-state index contributed by atoms with van der Waals surface area (Å²) in [7, 11) is 0. The van der Waals surface area contributed by atoms with Crippen LogP contribution in [0, 0.1) is 5.92 Å². The summed E-state index contributed by atoms with van der Waals surface area (Å²) in [6.07, 6.45) is 1.58. The molecule has 4 heterocycles. The van der Waals surface area contributed by atoms with Gasteiger partial charge in [-0.25, -0.2) is 19.6 Å². The average Bonchev–Trinajstić information content (AvgIpc) is 3.46. The van der Waals surface area contributed by atoms with Gasteiger partial charge in [-0.05, 0) is 50.6 Å². The van der Waals surface area contributed by atoms with E-state index in [1.165, 1.54) is 25.7 Å². The van der Waals surface area contributed by atoms with E-state index in [9.17, 15) is 31.1 Å². The van der Waals surface area contributed by atoms with Crippen LogP contribution < -0.4 is 10.2 Å². The number of nitrogens with zero attached hydrogens (tertiary/aromatic N) is 5. The number of carboxylic acid groups (broad SMARTS) is 2. The Kier molecular flexibility index (Phi) is 13.2. The van der Waals surface area contributed by atoms with Crippen LogP contribution in [0.1, 0.15) is 42.6 Å². The minimum atomic E-state index is -5.08. The van der Waals surface area contributed by atoms with Gasteiger partial charge in [-0.3, -0.25) is 9.69 Å². The lowest BCUT2D eigenvalue weighted by atomic mass is 10.2. The molecule has 5 rings (SSSR count). The Balaban J connectivity index is 0.000000345. The van der Waals surface area contributed by atoms with Gasteiger partial charge in [-0.15, -0.1) is 0 Å². The van der Waals surface area contributed by atoms with Crippen LogP contribution >= 0.6 is 0 Å². The van der Waals surface area contributed by atoms with Crippen molar-refractivity contribution in [2.75, 3.05) is 57.4 Å². The van der Waals surface area contributed by atoms with Gasteiger partial charge in [0.2, 0.25) is 5.95 Å². The summed E-state index contributed by atoms with van der Waals surface area (Å²) in [4.78, 5) is 44.6. The van der Waals surface area contributed by atoms with Crippen LogP contribution in [0.3, 0.4) is 0 Å². The van der Waals surface area contributed by atoms with Crippen LogP contribution in [0.15, 0.2) is 24.7 Å². The molecule has 1 saturated carbocycles. The first-order valence-corrected chi connectivity index (χ1v) is 14.6. The van der Waals surface area contributed by atoms with Gasteiger partial charge in [0, 0.05) is 69.0 Å². The topological polar surface area (TPSA) is 150 Å². The summed E-state index contributed by atoms with van der Waals surface area (Å²) in [5, 5.41) is 17.4. The number of anilines is 1. The number of nitrogens with one attached hydrogen (secondary N) is 1. The number of aliphatic carboxylic acids is 2. The number of morpholine rings is 1. The van der Waals surface area contributed by atoms with E-state index in [2.05, 4.69) is 35.8 Å². The third kappa shape index (κ3) is 12.1. The number of carbonyl (C=O) groups is 3. The molecular weight excluding hydrogens is 630 g/mol. The Morgan fingerprint density at radius 2 is 1.43 bits per heavy atom. The second-order valence-corrected chi connectivity index (χ2v) is 10.8. The SMILES string of the molecule is O=C(NCCCN1CCOCC1)c1cc(-c2cnc(N3CCCC3)nc2)cn1CC1CC1.O=C(O)C(F)(F)F.O=C(O)C(F)(F)F. The second kappa shape index (κ2) is 16.6. The first-order chi connectivity index (χ1) is 21.6. The molecule has 18 heteroatoms. The quantitative estimate of drug-likeness (QED) is 0.267. The molecule has 2 saturated heterocycles. The largest absolute Gasteiger partial charge is 0.490 e. The summed E-state index contributed by atoms with van der Waals surface area (Å²) < 4.78 is 71.0. The molecular formula is C28H36F6N6O6. The van der Waals surface area contributed by atoms with Crippen molar-refractivity contribution in [3.63, 3.8) is 0 Å². The van der Waals surface area contributed by atoms with Crippen LogP contribution in [0.25, 0.3) is 11.1 Å².